The molecule has 3 aromatic heterocycles. The first kappa shape index (κ1) is 21.3. The van der Waals surface area contributed by atoms with E-state index in [4.69, 9.17) is 0 Å². The monoisotopic (exact) mass is 429 g/mol. The smallest absolute Gasteiger partial charge is 0.304 e. The number of hydrogen-bond acceptors (Lipinski definition) is 6. The third kappa shape index (κ3) is 5.23. The molecule has 0 radical (unpaired) electrons. The van der Waals surface area contributed by atoms with Gasteiger partial charge >= 0.3 is 6.18 Å². The zero-order chi connectivity index (χ0) is 22.0. The Kier molecular flexibility index (Phi) is 5.97. The fourth-order valence-electron chi connectivity index (χ4n) is 3.60. The molecular weight excluding hydrogens is 407 g/mol. The number of carbonyl (C=O) groups is 1. The molecule has 0 saturated carbocycles. The number of pyridine rings is 3. The molecule has 3 aromatic rings. The van der Waals surface area contributed by atoms with Gasteiger partial charge in [0.05, 0.1) is 30.2 Å². The first-order valence-corrected chi connectivity index (χ1v) is 9.98. The SMILES string of the molecule is CN1CCN(CC(=O)Cc2cc3cc(-c4cncc(C(F)(F)F)c4)cnc3cn2)CC1. The van der Waals surface area contributed by atoms with Gasteiger partial charge in [0, 0.05) is 67.0 Å². The molecule has 0 aliphatic carbocycles. The minimum Gasteiger partial charge on any atom is -0.304 e. The summed E-state index contributed by atoms with van der Waals surface area (Å²) in [7, 11) is 2.07. The molecule has 1 aliphatic rings. The Morgan fingerprint density at radius 2 is 1.71 bits per heavy atom. The second-order valence-corrected chi connectivity index (χ2v) is 7.85. The molecule has 0 atom stereocenters. The predicted molar refractivity (Wildman–Crippen MR) is 110 cm³/mol. The summed E-state index contributed by atoms with van der Waals surface area (Å²) >= 11 is 0. The van der Waals surface area contributed by atoms with E-state index in [1.54, 1.807) is 18.3 Å². The second kappa shape index (κ2) is 8.68. The Balaban J connectivity index is 1.52. The molecule has 0 N–H and O–H groups in total. The lowest BCUT2D eigenvalue weighted by atomic mass is 10.0. The van der Waals surface area contributed by atoms with E-state index in [0.29, 0.717) is 34.3 Å². The molecule has 0 bridgehead atoms. The molecule has 1 fully saturated rings. The van der Waals surface area contributed by atoms with Crippen molar-refractivity contribution in [3.63, 3.8) is 0 Å². The quantitative estimate of drug-likeness (QED) is 0.621. The molecule has 0 spiro atoms. The van der Waals surface area contributed by atoms with Crippen LogP contribution in [-0.4, -0.2) is 70.3 Å². The van der Waals surface area contributed by atoms with Crippen LogP contribution in [-0.2, 0) is 17.4 Å². The van der Waals surface area contributed by atoms with Gasteiger partial charge in [0.15, 0.2) is 5.78 Å². The minimum absolute atomic E-state index is 0.0857. The first-order chi connectivity index (χ1) is 14.8. The summed E-state index contributed by atoms with van der Waals surface area (Å²) in [6.07, 6.45) is 0.999. The lowest BCUT2D eigenvalue weighted by Gasteiger charge is -2.31. The van der Waals surface area contributed by atoms with Crippen molar-refractivity contribution in [3.05, 3.63) is 54.2 Å². The van der Waals surface area contributed by atoms with Crippen molar-refractivity contribution in [2.45, 2.75) is 12.6 Å². The van der Waals surface area contributed by atoms with Gasteiger partial charge in [-0.25, -0.2) is 0 Å². The van der Waals surface area contributed by atoms with Crippen molar-refractivity contribution >= 4 is 16.7 Å². The normalized spacial score (nSPS) is 16.0. The van der Waals surface area contributed by atoms with Crippen LogP contribution in [0.1, 0.15) is 11.3 Å². The number of aromatic nitrogens is 3. The van der Waals surface area contributed by atoms with E-state index in [2.05, 4.69) is 31.8 Å². The van der Waals surface area contributed by atoms with Crippen LogP contribution in [0.2, 0.25) is 0 Å². The number of hydrogen-bond donors (Lipinski definition) is 0. The summed E-state index contributed by atoms with van der Waals surface area (Å²) in [6.45, 7) is 4.01. The van der Waals surface area contributed by atoms with Crippen LogP contribution in [0.5, 0.6) is 0 Å². The molecular formula is C22H22F3N5O. The lowest BCUT2D eigenvalue weighted by Crippen LogP contribution is -2.46. The third-order valence-electron chi connectivity index (χ3n) is 5.40. The summed E-state index contributed by atoms with van der Waals surface area (Å²) in [4.78, 5) is 29.2. The standard InChI is InChI=1S/C22H22F3N5O/c1-29-2-4-30(5-3-29)14-20(31)9-19-8-15-6-16(11-28-21(15)13-27-19)17-7-18(12-26-10-17)22(23,24)25/h6-8,10-13H,2-5,9,14H2,1H3. The highest BCUT2D eigenvalue weighted by atomic mass is 19.4. The average molecular weight is 429 g/mol. The maximum absolute atomic E-state index is 13.0. The van der Waals surface area contributed by atoms with Gasteiger partial charge in [-0.15, -0.1) is 0 Å². The molecule has 0 amide bonds. The molecule has 1 saturated heterocycles. The average Bonchev–Trinajstić information content (AvgIpc) is 2.74. The van der Waals surface area contributed by atoms with Crippen molar-refractivity contribution in [1.29, 1.82) is 0 Å². The van der Waals surface area contributed by atoms with Gasteiger partial charge in [-0.3, -0.25) is 24.6 Å². The number of piperazine rings is 1. The molecule has 4 heterocycles. The van der Waals surface area contributed by atoms with Crippen LogP contribution < -0.4 is 0 Å². The summed E-state index contributed by atoms with van der Waals surface area (Å²) < 4.78 is 39.0. The predicted octanol–water partition coefficient (Wildman–Crippen LogP) is 3.07. The van der Waals surface area contributed by atoms with Gasteiger partial charge in [-0.2, -0.15) is 13.2 Å². The number of nitrogens with zero attached hydrogens (tertiary/aromatic N) is 5. The number of likely N-dealkylation sites (N-methyl/N-ethyl adjacent to an activating group) is 1. The van der Waals surface area contributed by atoms with Crippen LogP contribution >= 0.6 is 0 Å². The van der Waals surface area contributed by atoms with Gasteiger partial charge < -0.3 is 4.90 Å². The number of Topliss-reactive ketones (excluding diaryl/α,β-unsaturated/α-hetero) is 1. The Morgan fingerprint density at radius 3 is 2.45 bits per heavy atom. The van der Waals surface area contributed by atoms with E-state index in [1.807, 2.05) is 0 Å². The van der Waals surface area contributed by atoms with Gasteiger partial charge in [0.1, 0.15) is 0 Å². The molecule has 1 aliphatic heterocycles. The zero-order valence-electron chi connectivity index (χ0n) is 17.1. The van der Waals surface area contributed by atoms with Gasteiger partial charge in [0.2, 0.25) is 0 Å². The highest BCUT2D eigenvalue weighted by Crippen LogP contribution is 2.31. The van der Waals surface area contributed by atoms with Gasteiger partial charge in [-0.05, 0) is 25.2 Å². The molecule has 4 rings (SSSR count). The highest BCUT2D eigenvalue weighted by molar-refractivity contribution is 5.86. The maximum Gasteiger partial charge on any atom is 0.417 e. The van der Waals surface area contributed by atoms with E-state index >= 15 is 0 Å². The molecule has 9 heteroatoms. The summed E-state index contributed by atoms with van der Waals surface area (Å²) in [5, 5.41) is 0.715. The van der Waals surface area contributed by atoms with Crippen LogP contribution in [0.15, 0.2) is 43.0 Å². The highest BCUT2D eigenvalue weighted by Gasteiger charge is 2.31. The van der Waals surface area contributed by atoms with E-state index in [-0.39, 0.29) is 12.2 Å². The topological polar surface area (TPSA) is 62.2 Å². The van der Waals surface area contributed by atoms with E-state index in [1.165, 1.54) is 12.4 Å². The van der Waals surface area contributed by atoms with Crippen molar-refractivity contribution in [2.75, 3.05) is 39.8 Å². The Morgan fingerprint density at radius 1 is 0.968 bits per heavy atom. The van der Waals surface area contributed by atoms with Gasteiger partial charge in [0.25, 0.3) is 0 Å². The van der Waals surface area contributed by atoms with E-state index in [0.717, 1.165) is 38.4 Å². The Bertz CT molecular complexity index is 1090. The van der Waals surface area contributed by atoms with Crippen LogP contribution in [0, 0.1) is 0 Å². The largest absolute Gasteiger partial charge is 0.417 e. The van der Waals surface area contributed by atoms with Crippen LogP contribution in [0.25, 0.3) is 22.0 Å². The molecule has 0 unspecified atom stereocenters. The lowest BCUT2D eigenvalue weighted by molar-refractivity contribution is -0.137. The van der Waals surface area contributed by atoms with Crippen LogP contribution in [0.3, 0.4) is 0 Å². The van der Waals surface area contributed by atoms with Crippen LogP contribution in [0.4, 0.5) is 13.2 Å². The molecule has 6 nitrogen and oxygen atoms in total. The van der Waals surface area contributed by atoms with Gasteiger partial charge in [-0.1, -0.05) is 0 Å². The summed E-state index contributed by atoms with van der Waals surface area (Å²) in [5.41, 5.74) is 1.27. The number of fused-ring (bicyclic) bond motifs is 1. The van der Waals surface area contributed by atoms with E-state index in [9.17, 15) is 18.0 Å². The number of alkyl halides is 3. The number of rotatable bonds is 5. The van der Waals surface area contributed by atoms with Crippen molar-refractivity contribution < 1.29 is 18.0 Å². The maximum atomic E-state index is 13.0. The molecule has 162 valence electrons. The molecule has 0 aromatic carbocycles. The van der Waals surface area contributed by atoms with E-state index < -0.39 is 11.7 Å². The fraction of sp³-hybridized carbons (Fsp3) is 0.364. The third-order valence-corrected chi connectivity index (χ3v) is 5.40. The minimum atomic E-state index is -4.46. The van der Waals surface area contributed by atoms with Crippen molar-refractivity contribution in [1.82, 2.24) is 24.8 Å². The number of halogens is 3. The Hall–Kier alpha value is -2.91. The molecule has 31 heavy (non-hydrogen) atoms. The fourth-order valence-corrected chi connectivity index (χ4v) is 3.60. The van der Waals surface area contributed by atoms with Crippen molar-refractivity contribution in [3.8, 4) is 11.1 Å². The second-order valence-electron chi connectivity index (χ2n) is 7.85. The summed E-state index contributed by atoms with van der Waals surface area (Å²) in [5.74, 6) is 0.0857. The number of ketones is 1. The first-order valence-electron chi connectivity index (χ1n) is 9.98. The zero-order valence-corrected chi connectivity index (χ0v) is 17.1. The Labute approximate surface area is 177 Å². The summed E-state index contributed by atoms with van der Waals surface area (Å²) in [6, 6.07) is 4.57. The number of carbonyl (C=O) groups excluding carboxylic acids is 1. The van der Waals surface area contributed by atoms with Crippen molar-refractivity contribution in [2.24, 2.45) is 0 Å².